The highest BCUT2D eigenvalue weighted by molar-refractivity contribution is 8.01. The highest BCUT2D eigenvalue weighted by Crippen LogP contribution is 2.41. The average Bonchev–Trinajstić information content (AvgIpc) is 2.71. The number of aliphatic hydroxyl groups excluding tert-OH is 1. The van der Waals surface area contributed by atoms with Crippen LogP contribution in [-0.2, 0) is 0 Å². The van der Waals surface area contributed by atoms with Gasteiger partial charge in [0.1, 0.15) is 10.0 Å². The lowest BCUT2D eigenvalue weighted by molar-refractivity contribution is -0.387. The van der Waals surface area contributed by atoms with Gasteiger partial charge in [0, 0.05) is 17.0 Å². The number of nitrogens with zero attached hydrogens (tertiary/aromatic N) is 2. The first-order valence-corrected chi connectivity index (χ1v) is 7.01. The highest BCUT2D eigenvalue weighted by atomic mass is 32.2. The molecule has 0 saturated carbocycles. The van der Waals surface area contributed by atoms with Crippen LogP contribution in [0.2, 0.25) is 0 Å². The zero-order chi connectivity index (χ0) is 14.9. The molecular formula is C10H10N4O4S2. The predicted molar refractivity (Wildman–Crippen MR) is 75.0 cm³/mol. The topological polar surface area (TPSA) is 135 Å². The number of aromatic nitrogens is 2. The van der Waals surface area contributed by atoms with Crippen LogP contribution in [0.25, 0.3) is 0 Å². The second kappa shape index (κ2) is 5.61. The number of thiophene rings is 1. The van der Waals surface area contributed by atoms with Crippen LogP contribution in [-0.4, -0.2) is 20.0 Å². The number of anilines is 1. The second-order valence-electron chi connectivity index (χ2n) is 3.83. The minimum absolute atomic E-state index is 0.0335. The summed E-state index contributed by atoms with van der Waals surface area (Å²) < 4.78 is 0.319. The molecule has 2 aromatic rings. The van der Waals surface area contributed by atoms with Gasteiger partial charge in [-0.2, -0.15) is 0 Å². The van der Waals surface area contributed by atoms with Crippen molar-refractivity contribution in [1.82, 2.24) is 9.97 Å². The van der Waals surface area contributed by atoms with Crippen LogP contribution in [0.15, 0.2) is 26.3 Å². The van der Waals surface area contributed by atoms with E-state index in [1.165, 1.54) is 13.0 Å². The molecule has 0 spiro atoms. The first-order chi connectivity index (χ1) is 9.36. The second-order valence-corrected chi connectivity index (χ2v) is 6.17. The number of nitrogens with two attached hydrogens (primary N) is 1. The van der Waals surface area contributed by atoms with Gasteiger partial charge in [-0.3, -0.25) is 14.9 Å². The number of rotatable bonds is 4. The third kappa shape index (κ3) is 3.15. The van der Waals surface area contributed by atoms with Crippen LogP contribution in [0.5, 0.6) is 0 Å². The summed E-state index contributed by atoms with van der Waals surface area (Å²) in [6, 6.07) is 2.43. The molecule has 0 fully saturated rings. The summed E-state index contributed by atoms with van der Waals surface area (Å²) in [6.07, 6.45) is -0.805. The summed E-state index contributed by atoms with van der Waals surface area (Å²) in [4.78, 5) is 28.5. The average molecular weight is 314 g/mol. The van der Waals surface area contributed by atoms with Crippen LogP contribution in [0, 0.1) is 10.1 Å². The molecule has 0 bridgehead atoms. The van der Waals surface area contributed by atoms with E-state index in [1.54, 1.807) is 0 Å². The van der Waals surface area contributed by atoms with Crippen LogP contribution in [0.4, 0.5) is 11.5 Å². The number of nitrogen functional groups attached to an aromatic ring is 1. The Kier molecular flexibility index (Phi) is 4.06. The van der Waals surface area contributed by atoms with Crippen molar-refractivity contribution in [3.63, 3.8) is 0 Å². The Morgan fingerprint density at radius 3 is 2.85 bits per heavy atom. The summed E-state index contributed by atoms with van der Waals surface area (Å²) in [5, 5.41) is 20.6. The van der Waals surface area contributed by atoms with Gasteiger partial charge in [-0.05, 0) is 18.7 Å². The molecule has 0 aliphatic carbocycles. The largest absolute Gasteiger partial charge is 0.388 e. The molecule has 2 aromatic heterocycles. The van der Waals surface area contributed by atoms with Crippen LogP contribution in [0.3, 0.4) is 0 Å². The van der Waals surface area contributed by atoms with Crippen molar-refractivity contribution in [2.75, 3.05) is 5.73 Å². The summed E-state index contributed by atoms with van der Waals surface area (Å²) in [7, 11) is 0. The monoisotopic (exact) mass is 314 g/mol. The zero-order valence-corrected chi connectivity index (χ0v) is 11.8. The fourth-order valence-corrected chi connectivity index (χ4v) is 3.58. The van der Waals surface area contributed by atoms with E-state index in [2.05, 4.69) is 9.97 Å². The molecule has 10 heteroatoms. The molecule has 0 aliphatic rings. The Balaban J connectivity index is 2.41. The minimum Gasteiger partial charge on any atom is -0.388 e. The molecule has 0 unspecified atom stereocenters. The number of H-pyrrole nitrogens is 1. The quantitative estimate of drug-likeness (QED) is 0.442. The lowest BCUT2D eigenvalue weighted by Crippen LogP contribution is -2.09. The molecule has 20 heavy (non-hydrogen) atoms. The molecule has 106 valence electrons. The van der Waals surface area contributed by atoms with E-state index >= 15 is 0 Å². The lowest BCUT2D eigenvalue weighted by atomic mass is 10.3. The third-order valence-corrected chi connectivity index (χ3v) is 4.61. The molecule has 0 aliphatic heterocycles. The van der Waals surface area contributed by atoms with E-state index in [4.69, 9.17) is 5.73 Å². The van der Waals surface area contributed by atoms with E-state index in [1.807, 2.05) is 0 Å². The maximum absolute atomic E-state index is 11.3. The van der Waals surface area contributed by atoms with Crippen molar-refractivity contribution in [3.05, 3.63) is 37.5 Å². The molecule has 2 rings (SSSR count). The van der Waals surface area contributed by atoms with Crippen molar-refractivity contribution in [2.45, 2.75) is 22.4 Å². The Morgan fingerprint density at radius 2 is 2.30 bits per heavy atom. The fraction of sp³-hybridized carbons (Fsp3) is 0.200. The third-order valence-electron chi connectivity index (χ3n) is 2.24. The first kappa shape index (κ1) is 14.5. The van der Waals surface area contributed by atoms with E-state index in [-0.39, 0.29) is 16.7 Å². The smallest absolute Gasteiger partial charge is 0.294 e. The molecule has 2 heterocycles. The number of nitro groups is 1. The Morgan fingerprint density at radius 1 is 1.60 bits per heavy atom. The van der Waals surface area contributed by atoms with Gasteiger partial charge >= 0.3 is 0 Å². The highest BCUT2D eigenvalue weighted by Gasteiger charge is 2.22. The van der Waals surface area contributed by atoms with Gasteiger partial charge in [0.15, 0.2) is 5.16 Å². The molecule has 0 aromatic carbocycles. The number of nitrogens with one attached hydrogen (secondary N) is 1. The Hall–Kier alpha value is -1.91. The van der Waals surface area contributed by atoms with Crippen LogP contribution >= 0.6 is 23.1 Å². The van der Waals surface area contributed by atoms with Gasteiger partial charge in [0.05, 0.1) is 11.0 Å². The summed E-state index contributed by atoms with van der Waals surface area (Å²) >= 11 is 2.00. The molecule has 4 N–H and O–H groups in total. The molecule has 0 amide bonds. The van der Waals surface area contributed by atoms with Gasteiger partial charge in [-0.1, -0.05) is 0 Å². The van der Waals surface area contributed by atoms with Crippen molar-refractivity contribution < 1.29 is 10.0 Å². The van der Waals surface area contributed by atoms with Crippen molar-refractivity contribution in [2.24, 2.45) is 0 Å². The molecule has 1 atom stereocenters. The number of hydrogen-bond acceptors (Lipinski definition) is 8. The number of hydrogen-bond donors (Lipinski definition) is 3. The Bertz CT molecular complexity index is 710. The van der Waals surface area contributed by atoms with Gasteiger partial charge in [-0.25, -0.2) is 4.98 Å². The fourth-order valence-electron chi connectivity index (χ4n) is 1.38. The molecule has 0 radical (unpaired) electrons. The normalized spacial score (nSPS) is 12.3. The standard InChI is InChI=1S/C10H10N4O4S2/c1-4(15)6-2-5(14(17)18)9(19-6)20-10-12-7(11)3-8(16)13-10/h2-4,15H,1H3,(H3,11,12,13,16)/t4-/m0/s1. The molecule has 0 saturated heterocycles. The maximum Gasteiger partial charge on any atom is 0.294 e. The van der Waals surface area contributed by atoms with Crippen LogP contribution in [0.1, 0.15) is 17.9 Å². The van der Waals surface area contributed by atoms with Crippen molar-refractivity contribution in [1.29, 1.82) is 0 Å². The van der Waals surface area contributed by atoms with Gasteiger partial charge in [0.2, 0.25) is 0 Å². The summed E-state index contributed by atoms with van der Waals surface area (Å²) in [6.45, 7) is 1.52. The summed E-state index contributed by atoms with van der Waals surface area (Å²) in [5.41, 5.74) is 4.88. The van der Waals surface area contributed by atoms with E-state index in [9.17, 15) is 20.0 Å². The lowest BCUT2D eigenvalue weighted by Gasteiger charge is -1.99. The summed E-state index contributed by atoms with van der Waals surface area (Å²) in [5.74, 6) is 0.0335. The van der Waals surface area contributed by atoms with Crippen molar-refractivity contribution in [3.8, 4) is 0 Å². The molecular weight excluding hydrogens is 304 g/mol. The van der Waals surface area contributed by atoms with Crippen LogP contribution < -0.4 is 11.3 Å². The zero-order valence-electron chi connectivity index (χ0n) is 10.2. The molecule has 8 nitrogen and oxygen atoms in total. The van der Waals surface area contributed by atoms with E-state index in [0.717, 1.165) is 29.2 Å². The van der Waals surface area contributed by atoms with E-state index < -0.39 is 16.6 Å². The first-order valence-electron chi connectivity index (χ1n) is 5.37. The van der Waals surface area contributed by atoms with Gasteiger partial charge in [0.25, 0.3) is 11.2 Å². The van der Waals surface area contributed by atoms with Gasteiger partial charge < -0.3 is 15.8 Å². The maximum atomic E-state index is 11.3. The Labute approximate surface area is 120 Å². The van der Waals surface area contributed by atoms with Crippen molar-refractivity contribution >= 4 is 34.6 Å². The SMILES string of the molecule is C[C@H](O)c1cc([N+](=O)[O-])c(Sc2nc(N)cc(=O)[nH]2)s1. The minimum atomic E-state index is -0.805. The van der Waals surface area contributed by atoms with E-state index in [0.29, 0.717) is 9.09 Å². The van der Waals surface area contributed by atoms with Gasteiger partial charge in [-0.15, -0.1) is 11.3 Å². The number of aromatic amines is 1. The number of aliphatic hydroxyl groups is 1. The predicted octanol–water partition coefficient (Wildman–Crippen LogP) is 1.53.